The van der Waals surface area contributed by atoms with E-state index in [1.54, 1.807) is 23.1 Å². The zero-order chi connectivity index (χ0) is 19.3. The van der Waals surface area contributed by atoms with Crippen molar-refractivity contribution in [1.82, 2.24) is 5.32 Å². The second-order valence-corrected chi connectivity index (χ2v) is 7.85. The highest BCUT2D eigenvalue weighted by Crippen LogP contribution is 2.46. The molecule has 0 aliphatic carbocycles. The quantitative estimate of drug-likeness (QED) is 0.720. The van der Waals surface area contributed by atoms with Crippen molar-refractivity contribution in [1.29, 1.82) is 0 Å². The number of rotatable bonds is 2. The molecule has 2 heterocycles. The van der Waals surface area contributed by atoms with Gasteiger partial charge in [0.2, 0.25) is 0 Å². The molecule has 2 bridgehead atoms. The third-order valence-electron chi connectivity index (χ3n) is 5.09. The molecule has 140 valence electrons. The van der Waals surface area contributed by atoms with Crippen molar-refractivity contribution in [3.8, 4) is 5.75 Å². The fourth-order valence-electron chi connectivity index (χ4n) is 3.78. The fraction of sp³-hybridized carbons (Fsp3) is 0.300. The molecule has 0 unspecified atom stereocenters. The molecule has 2 amide bonds. The number of anilines is 1. The number of carbonyl (C=O) groups excluding carboxylic acids is 2. The Labute approximate surface area is 165 Å². The van der Waals surface area contributed by atoms with Crippen LogP contribution in [0, 0.1) is 6.92 Å². The molecule has 0 aromatic heterocycles. The lowest BCUT2D eigenvalue weighted by molar-refractivity contribution is 0.0377. The predicted molar refractivity (Wildman–Crippen MR) is 104 cm³/mol. The van der Waals surface area contributed by atoms with Crippen LogP contribution in [-0.2, 0) is 4.74 Å². The maximum absolute atomic E-state index is 12.9. The summed E-state index contributed by atoms with van der Waals surface area (Å²) in [6, 6.07) is 10.5. The summed E-state index contributed by atoms with van der Waals surface area (Å²) in [6.45, 7) is 3.89. The fourth-order valence-corrected chi connectivity index (χ4v) is 4.02. The Balaban J connectivity index is 1.76. The van der Waals surface area contributed by atoms with Crippen molar-refractivity contribution >= 4 is 33.6 Å². The van der Waals surface area contributed by atoms with Crippen LogP contribution in [0.2, 0.25) is 0 Å². The molecule has 2 aliphatic heterocycles. The van der Waals surface area contributed by atoms with Gasteiger partial charge in [0, 0.05) is 22.1 Å². The van der Waals surface area contributed by atoms with E-state index >= 15 is 0 Å². The van der Waals surface area contributed by atoms with Gasteiger partial charge < -0.3 is 14.8 Å². The van der Waals surface area contributed by atoms with Crippen LogP contribution in [0.4, 0.5) is 10.5 Å². The molecule has 0 saturated carbocycles. The normalized spacial score (nSPS) is 23.2. The maximum atomic E-state index is 12.9. The number of aryl methyl sites for hydroxylation is 1. The van der Waals surface area contributed by atoms with Crippen molar-refractivity contribution in [2.24, 2.45) is 0 Å². The summed E-state index contributed by atoms with van der Waals surface area (Å²) in [7, 11) is 1.34. The summed E-state index contributed by atoms with van der Waals surface area (Å²) in [5.41, 5.74) is 2.19. The zero-order valence-corrected chi connectivity index (χ0v) is 16.8. The highest BCUT2D eigenvalue weighted by atomic mass is 79.9. The summed E-state index contributed by atoms with van der Waals surface area (Å²) in [4.78, 5) is 26.4. The minimum atomic E-state index is -0.826. The number of nitrogens with zero attached hydrogens (tertiary/aromatic N) is 1. The van der Waals surface area contributed by atoms with Gasteiger partial charge in [-0.25, -0.2) is 9.59 Å². The Kier molecular flexibility index (Phi) is 4.14. The Hall–Kier alpha value is -2.54. The van der Waals surface area contributed by atoms with Crippen molar-refractivity contribution in [3.63, 3.8) is 0 Å². The summed E-state index contributed by atoms with van der Waals surface area (Å²) in [5, 5.41) is 3.04. The number of methoxy groups -OCH3 is 1. The van der Waals surface area contributed by atoms with Gasteiger partial charge in [0.1, 0.15) is 5.75 Å². The molecule has 6 nitrogen and oxygen atoms in total. The van der Waals surface area contributed by atoms with Gasteiger partial charge in [-0.15, -0.1) is 0 Å². The minimum absolute atomic E-state index is 0.232. The molecule has 2 aromatic rings. The number of fused-ring (bicyclic) bond motifs is 4. The van der Waals surface area contributed by atoms with Gasteiger partial charge in [0.15, 0.2) is 5.72 Å². The number of carbonyl (C=O) groups is 2. The first-order valence-corrected chi connectivity index (χ1v) is 9.40. The van der Waals surface area contributed by atoms with Crippen molar-refractivity contribution in [2.45, 2.75) is 32.0 Å². The molecule has 7 heteroatoms. The summed E-state index contributed by atoms with van der Waals surface area (Å²) in [5.74, 6) is 0.237. The predicted octanol–water partition coefficient (Wildman–Crippen LogP) is 4.31. The number of esters is 1. The first-order chi connectivity index (χ1) is 12.8. The van der Waals surface area contributed by atoms with E-state index in [2.05, 4.69) is 21.2 Å². The topological polar surface area (TPSA) is 67.9 Å². The van der Waals surface area contributed by atoms with Crippen LogP contribution in [0.15, 0.2) is 40.9 Å². The summed E-state index contributed by atoms with van der Waals surface area (Å²) >= 11 is 3.49. The number of benzene rings is 2. The summed E-state index contributed by atoms with van der Waals surface area (Å²) in [6.07, 6.45) is 0.561. The van der Waals surface area contributed by atoms with Crippen molar-refractivity contribution < 1.29 is 19.1 Å². The lowest BCUT2D eigenvalue weighted by Crippen LogP contribution is -2.65. The van der Waals surface area contributed by atoms with E-state index in [0.717, 1.165) is 21.3 Å². The van der Waals surface area contributed by atoms with Crippen LogP contribution < -0.4 is 15.0 Å². The third-order valence-corrected chi connectivity index (χ3v) is 5.98. The van der Waals surface area contributed by atoms with Crippen LogP contribution >= 0.6 is 15.9 Å². The zero-order valence-electron chi connectivity index (χ0n) is 15.2. The molecule has 2 aromatic carbocycles. The van der Waals surface area contributed by atoms with E-state index in [9.17, 15) is 9.59 Å². The van der Waals surface area contributed by atoms with Gasteiger partial charge in [-0.3, -0.25) is 4.90 Å². The van der Waals surface area contributed by atoms with Gasteiger partial charge in [-0.2, -0.15) is 0 Å². The van der Waals surface area contributed by atoms with Crippen molar-refractivity contribution in [3.05, 3.63) is 57.6 Å². The number of nitrogens with one attached hydrogen (secondary N) is 1. The molecule has 1 fully saturated rings. The smallest absolute Gasteiger partial charge is 0.337 e. The van der Waals surface area contributed by atoms with Crippen LogP contribution in [0.5, 0.6) is 5.75 Å². The number of hydrogen-bond donors (Lipinski definition) is 1. The second-order valence-electron chi connectivity index (χ2n) is 7.00. The summed E-state index contributed by atoms with van der Waals surface area (Å²) < 4.78 is 12.0. The largest absolute Gasteiger partial charge is 0.467 e. The first kappa shape index (κ1) is 17.9. The van der Waals surface area contributed by atoms with Gasteiger partial charge in [-0.05, 0) is 55.8 Å². The Bertz CT molecular complexity index is 961. The standard InChI is InChI=1S/C20H19BrN2O4/c1-11-8-13(5-6-15(11)21)23-19(25)22-16-10-20(23,2)27-17-7-4-12(9-14(16)17)18(24)26-3/h4-9,16H,10H2,1-3H3,(H,22,25)/t16-,20-/m1/s1. The number of amides is 2. The molecule has 1 N–H and O–H groups in total. The highest BCUT2D eigenvalue weighted by molar-refractivity contribution is 9.10. The minimum Gasteiger partial charge on any atom is -0.467 e. The lowest BCUT2D eigenvalue weighted by Gasteiger charge is -2.50. The number of urea groups is 1. The second kappa shape index (κ2) is 6.27. The molecule has 0 spiro atoms. The molecule has 0 radical (unpaired) electrons. The Morgan fingerprint density at radius 1 is 1.33 bits per heavy atom. The Morgan fingerprint density at radius 2 is 2.11 bits per heavy atom. The maximum Gasteiger partial charge on any atom is 0.337 e. The number of halogens is 1. The van der Waals surface area contributed by atoms with Crippen molar-refractivity contribution in [2.75, 3.05) is 12.0 Å². The van der Waals surface area contributed by atoms with Crippen LogP contribution in [0.1, 0.15) is 40.9 Å². The van der Waals surface area contributed by atoms with Crippen LogP contribution in [0.25, 0.3) is 0 Å². The van der Waals surface area contributed by atoms with E-state index in [-0.39, 0.29) is 12.1 Å². The number of hydrogen-bond acceptors (Lipinski definition) is 4. The van der Waals surface area contributed by atoms with Gasteiger partial charge >= 0.3 is 12.0 Å². The number of ether oxygens (including phenoxy) is 2. The highest BCUT2D eigenvalue weighted by Gasteiger charge is 2.50. The molecular weight excluding hydrogens is 412 g/mol. The van der Waals surface area contributed by atoms with Gasteiger partial charge in [-0.1, -0.05) is 15.9 Å². The van der Waals surface area contributed by atoms with E-state index < -0.39 is 11.7 Å². The molecular formula is C20H19BrN2O4. The molecule has 4 rings (SSSR count). The van der Waals surface area contributed by atoms with E-state index in [1.807, 2.05) is 32.0 Å². The van der Waals surface area contributed by atoms with E-state index in [0.29, 0.717) is 17.7 Å². The molecule has 2 atom stereocenters. The average Bonchev–Trinajstić information content (AvgIpc) is 2.63. The SMILES string of the molecule is COC(=O)c1ccc2c(c1)[C@H]1C[C@@](C)(O2)N(c2ccc(Br)c(C)c2)C(=O)N1. The molecule has 27 heavy (non-hydrogen) atoms. The van der Waals surface area contributed by atoms with Crippen LogP contribution in [-0.4, -0.2) is 24.8 Å². The lowest BCUT2D eigenvalue weighted by atomic mass is 9.89. The average molecular weight is 431 g/mol. The third kappa shape index (κ3) is 2.86. The Morgan fingerprint density at radius 3 is 2.81 bits per heavy atom. The van der Waals surface area contributed by atoms with E-state index in [4.69, 9.17) is 9.47 Å². The van der Waals surface area contributed by atoms with Crippen LogP contribution in [0.3, 0.4) is 0 Å². The molecule has 1 saturated heterocycles. The monoisotopic (exact) mass is 430 g/mol. The first-order valence-electron chi connectivity index (χ1n) is 8.60. The molecule has 2 aliphatic rings. The van der Waals surface area contributed by atoms with E-state index in [1.165, 1.54) is 7.11 Å². The van der Waals surface area contributed by atoms with Gasteiger partial charge in [0.05, 0.1) is 18.7 Å². The van der Waals surface area contributed by atoms with Gasteiger partial charge in [0.25, 0.3) is 0 Å².